The monoisotopic (exact) mass is 437 g/mol. The van der Waals surface area contributed by atoms with Crippen LogP contribution in [0.2, 0.25) is 0 Å². The number of nitrogens with one attached hydrogen (secondary N) is 1. The van der Waals surface area contributed by atoms with Crippen molar-refractivity contribution in [2.45, 2.75) is 37.8 Å². The summed E-state index contributed by atoms with van der Waals surface area (Å²) in [5.41, 5.74) is 1.47. The molecule has 4 rings (SSSR count). The van der Waals surface area contributed by atoms with Crippen molar-refractivity contribution in [3.8, 4) is 11.5 Å². The van der Waals surface area contributed by atoms with Crippen molar-refractivity contribution < 1.29 is 23.9 Å². The van der Waals surface area contributed by atoms with Crippen molar-refractivity contribution >= 4 is 23.5 Å². The molecule has 2 fully saturated rings. The van der Waals surface area contributed by atoms with Gasteiger partial charge in [0.1, 0.15) is 17.5 Å². The van der Waals surface area contributed by atoms with Gasteiger partial charge in [0.25, 0.3) is 5.91 Å². The summed E-state index contributed by atoms with van der Waals surface area (Å²) in [6, 6.07) is 13.2. The summed E-state index contributed by atoms with van der Waals surface area (Å²) in [6.45, 7) is 0.653. The molecular formula is C24H27N3O5. The van der Waals surface area contributed by atoms with Crippen LogP contribution >= 0.6 is 0 Å². The summed E-state index contributed by atoms with van der Waals surface area (Å²) >= 11 is 0. The number of anilines is 1. The Morgan fingerprint density at radius 3 is 2.59 bits per heavy atom. The molecule has 1 N–H and O–H groups in total. The maximum atomic E-state index is 13.1. The summed E-state index contributed by atoms with van der Waals surface area (Å²) in [5.74, 6) is 1.01. The Balaban J connectivity index is 1.42. The van der Waals surface area contributed by atoms with Gasteiger partial charge in [-0.15, -0.1) is 0 Å². The van der Waals surface area contributed by atoms with Crippen molar-refractivity contribution in [2.75, 3.05) is 25.7 Å². The van der Waals surface area contributed by atoms with Crippen molar-refractivity contribution in [3.63, 3.8) is 0 Å². The van der Waals surface area contributed by atoms with E-state index < -0.39 is 12.1 Å². The van der Waals surface area contributed by atoms with E-state index in [-0.39, 0.29) is 30.7 Å². The average Bonchev–Trinajstić information content (AvgIpc) is 3.41. The molecule has 2 saturated heterocycles. The topological polar surface area (TPSA) is 88.2 Å². The Labute approximate surface area is 187 Å². The number of nitrogens with zero attached hydrogens (tertiary/aromatic N) is 2. The maximum Gasteiger partial charge on any atom is 0.329 e. The van der Waals surface area contributed by atoms with Crippen LogP contribution in [-0.4, -0.2) is 49.6 Å². The van der Waals surface area contributed by atoms with E-state index in [1.807, 2.05) is 29.2 Å². The van der Waals surface area contributed by atoms with Crippen LogP contribution in [-0.2, 0) is 9.59 Å². The molecule has 0 bridgehead atoms. The predicted molar refractivity (Wildman–Crippen MR) is 119 cm³/mol. The fraction of sp³-hybridized carbons (Fsp3) is 0.375. The number of hydrogen-bond donors (Lipinski definition) is 1. The second-order valence-corrected chi connectivity index (χ2v) is 7.90. The summed E-state index contributed by atoms with van der Waals surface area (Å²) < 4.78 is 10.8. The van der Waals surface area contributed by atoms with E-state index in [1.165, 1.54) is 0 Å². The quantitative estimate of drug-likeness (QED) is 0.672. The number of urea groups is 1. The van der Waals surface area contributed by atoms with Gasteiger partial charge in [-0.1, -0.05) is 18.2 Å². The number of benzene rings is 2. The number of hydrogen-bond acceptors (Lipinski definition) is 5. The van der Waals surface area contributed by atoms with Crippen molar-refractivity contribution in [3.05, 3.63) is 54.1 Å². The SMILES string of the molecule is COc1ccc(C2CCCN2C(=O)CC[C@@H]2NC(=O)N(c3ccccc3)C2=O)c(OC)c1. The van der Waals surface area contributed by atoms with Crippen LogP contribution in [0.25, 0.3) is 0 Å². The molecule has 4 amide bonds. The number of methoxy groups -OCH3 is 2. The third-order valence-corrected chi connectivity index (χ3v) is 6.05. The van der Waals surface area contributed by atoms with E-state index in [1.54, 1.807) is 38.5 Å². The minimum absolute atomic E-state index is 0.0365. The Morgan fingerprint density at radius 2 is 1.88 bits per heavy atom. The van der Waals surface area contributed by atoms with E-state index in [2.05, 4.69) is 5.32 Å². The number of rotatable bonds is 7. The molecule has 168 valence electrons. The first-order valence-corrected chi connectivity index (χ1v) is 10.7. The van der Waals surface area contributed by atoms with Crippen molar-refractivity contribution in [2.24, 2.45) is 0 Å². The van der Waals surface area contributed by atoms with E-state index in [0.717, 1.165) is 23.3 Å². The number of imide groups is 1. The van der Waals surface area contributed by atoms with Crippen LogP contribution in [0.15, 0.2) is 48.5 Å². The van der Waals surface area contributed by atoms with Gasteiger partial charge in [-0.2, -0.15) is 0 Å². The maximum absolute atomic E-state index is 13.1. The van der Waals surface area contributed by atoms with Crippen LogP contribution < -0.4 is 19.7 Å². The van der Waals surface area contributed by atoms with Gasteiger partial charge in [-0.05, 0) is 43.5 Å². The molecule has 8 heteroatoms. The zero-order chi connectivity index (χ0) is 22.7. The van der Waals surface area contributed by atoms with Crippen LogP contribution in [0.5, 0.6) is 11.5 Å². The van der Waals surface area contributed by atoms with E-state index in [4.69, 9.17) is 9.47 Å². The lowest BCUT2D eigenvalue weighted by Crippen LogP contribution is -2.34. The lowest BCUT2D eigenvalue weighted by Gasteiger charge is -2.27. The molecule has 0 radical (unpaired) electrons. The molecule has 2 heterocycles. The van der Waals surface area contributed by atoms with Gasteiger partial charge in [0.15, 0.2) is 0 Å². The number of ether oxygens (including phenoxy) is 2. The number of para-hydroxylation sites is 1. The van der Waals surface area contributed by atoms with E-state index >= 15 is 0 Å². The van der Waals surface area contributed by atoms with Crippen molar-refractivity contribution in [1.82, 2.24) is 10.2 Å². The van der Waals surface area contributed by atoms with Crippen LogP contribution in [0.4, 0.5) is 10.5 Å². The third kappa shape index (κ3) is 4.12. The Hall–Kier alpha value is -3.55. The molecule has 8 nitrogen and oxygen atoms in total. The van der Waals surface area contributed by atoms with Crippen LogP contribution in [0.3, 0.4) is 0 Å². The minimum atomic E-state index is -0.705. The molecule has 1 unspecified atom stereocenters. The molecular weight excluding hydrogens is 410 g/mol. The summed E-state index contributed by atoms with van der Waals surface area (Å²) in [4.78, 5) is 41.2. The van der Waals surface area contributed by atoms with E-state index in [0.29, 0.717) is 23.7 Å². The molecule has 2 atom stereocenters. The van der Waals surface area contributed by atoms with Gasteiger partial charge in [0.2, 0.25) is 5.91 Å². The minimum Gasteiger partial charge on any atom is -0.497 e. The first kappa shape index (κ1) is 21.7. The van der Waals surface area contributed by atoms with Crippen LogP contribution in [0, 0.1) is 0 Å². The van der Waals surface area contributed by atoms with Gasteiger partial charge in [-0.3, -0.25) is 9.59 Å². The average molecular weight is 437 g/mol. The molecule has 0 aromatic heterocycles. The first-order chi connectivity index (χ1) is 15.5. The third-order valence-electron chi connectivity index (χ3n) is 6.05. The van der Waals surface area contributed by atoms with Gasteiger partial charge < -0.3 is 19.7 Å². The summed E-state index contributed by atoms with van der Waals surface area (Å²) in [5, 5.41) is 2.70. The first-order valence-electron chi connectivity index (χ1n) is 10.7. The molecule has 2 aromatic rings. The molecule has 2 aromatic carbocycles. The highest BCUT2D eigenvalue weighted by Crippen LogP contribution is 2.39. The van der Waals surface area contributed by atoms with Gasteiger partial charge in [0, 0.05) is 24.6 Å². The number of carbonyl (C=O) groups excluding carboxylic acids is 3. The molecule has 0 saturated carbocycles. The van der Waals surface area contributed by atoms with Crippen LogP contribution in [0.1, 0.15) is 37.3 Å². The zero-order valence-corrected chi connectivity index (χ0v) is 18.2. The fourth-order valence-corrected chi connectivity index (χ4v) is 4.44. The van der Waals surface area contributed by atoms with Gasteiger partial charge in [0.05, 0.1) is 25.9 Å². The van der Waals surface area contributed by atoms with Gasteiger partial charge >= 0.3 is 6.03 Å². The van der Waals surface area contributed by atoms with E-state index in [9.17, 15) is 14.4 Å². The predicted octanol–water partition coefficient (Wildman–Crippen LogP) is 3.27. The second-order valence-electron chi connectivity index (χ2n) is 7.90. The number of likely N-dealkylation sites (tertiary alicyclic amines) is 1. The lowest BCUT2D eigenvalue weighted by molar-refractivity contribution is -0.132. The number of amides is 4. The zero-order valence-electron chi connectivity index (χ0n) is 18.2. The highest BCUT2D eigenvalue weighted by atomic mass is 16.5. The van der Waals surface area contributed by atoms with Crippen molar-refractivity contribution in [1.29, 1.82) is 0 Å². The molecule has 2 aliphatic heterocycles. The normalized spacial score (nSPS) is 20.4. The Bertz CT molecular complexity index is 1010. The fourth-order valence-electron chi connectivity index (χ4n) is 4.44. The molecule has 2 aliphatic rings. The molecule has 32 heavy (non-hydrogen) atoms. The molecule has 0 aliphatic carbocycles. The van der Waals surface area contributed by atoms with Gasteiger partial charge in [-0.25, -0.2) is 9.69 Å². The smallest absolute Gasteiger partial charge is 0.329 e. The second kappa shape index (κ2) is 9.30. The largest absolute Gasteiger partial charge is 0.497 e. The summed E-state index contributed by atoms with van der Waals surface area (Å²) in [7, 11) is 3.20. The Morgan fingerprint density at radius 1 is 1.09 bits per heavy atom. The summed E-state index contributed by atoms with van der Waals surface area (Å²) in [6.07, 6.45) is 2.17. The number of carbonyl (C=O) groups is 3. The highest BCUT2D eigenvalue weighted by molar-refractivity contribution is 6.21. The molecule has 0 spiro atoms. The Kier molecular flexibility index (Phi) is 6.30. The standard InChI is InChI=1S/C24H27N3O5/c1-31-17-10-11-18(21(15-17)32-2)20-9-6-14-26(20)22(28)13-12-19-23(29)27(24(30)25-19)16-7-4-3-5-8-16/h3-5,7-8,10-11,15,19-20H,6,9,12-14H2,1-2H3,(H,25,30)/t19-,20?/m0/s1. The highest BCUT2D eigenvalue weighted by Gasteiger charge is 2.40. The lowest BCUT2D eigenvalue weighted by atomic mass is 10.0.